The van der Waals surface area contributed by atoms with E-state index in [1.807, 2.05) is 43.3 Å². The SMILES string of the molecule is COc1ccccc1-c1nc(Cn2ccn3nc(-c4ccc(Cl)cc4)cc3c2=O)c(C)o1. The number of aryl methyl sites for hydroxylation is 1. The molecule has 0 radical (unpaired) electrons. The fourth-order valence-electron chi connectivity index (χ4n) is 3.59. The van der Waals surface area contributed by atoms with Gasteiger partial charge in [0, 0.05) is 23.0 Å². The highest BCUT2D eigenvalue weighted by Crippen LogP contribution is 2.30. The van der Waals surface area contributed by atoms with Gasteiger partial charge in [0.1, 0.15) is 22.7 Å². The van der Waals surface area contributed by atoms with E-state index >= 15 is 0 Å². The zero-order valence-electron chi connectivity index (χ0n) is 17.4. The summed E-state index contributed by atoms with van der Waals surface area (Å²) >= 11 is 5.97. The first-order valence-electron chi connectivity index (χ1n) is 9.98. The number of hydrogen-bond acceptors (Lipinski definition) is 5. The van der Waals surface area contributed by atoms with E-state index in [4.69, 9.17) is 20.8 Å². The molecule has 5 rings (SSSR count). The number of benzene rings is 2. The molecule has 0 atom stereocenters. The Hall–Kier alpha value is -3.84. The zero-order valence-corrected chi connectivity index (χ0v) is 18.2. The van der Waals surface area contributed by atoms with Crippen molar-refractivity contribution in [3.05, 3.63) is 93.8 Å². The van der Waals surface area contributed by atoms with Crippen LogP contribution >= 0.6 is 11.6 Å². The maximum absolute atomic E-state index is 13.1. The summed E-state index contributed by atoms with van der Waals surface area (Å²) in [6.07, 6.45) is 3.46. The molecule has 7 nitrogen and oxygen atoms in total. The second-order valence-electron chi connectivity index (χ2n) is 7.32. The van der Waals surface area contributed by atoms with Gasteiger partial charge in [0.2, 0.25) is 5.89 Å². The fourth-order valence-corrected chi connectivity index (χ4v) is 3.71. The van der Waals surface area contributed by atoms with Gasteiger partial charge in [-0.1, -0.05) is 35.9 Å². The molecule has 2 aromatic carbocycles. The van der Waals surface area contributed by atoms with Gasteiger partial charge in [0.15, 0.2) is 0 Å². The minimum absolute atomic E-state index is 0.165. The third-order valence-electron chi connectivity index (χ3n) is 5.29. The van der Waals surface area contributed by atoms with Crippen LogP contribution in [0.1, 0.15) is 11.5 Å². The van der Waals surface area contributed by atoms with Crippen molar-refractivity contribution < 1.29 is 9.15 Å². The van der Waals surface area contributed by atoms with Crippen LogP contribution in [0.2, 0.25) is 5.02 Å². The molecule has 0 spiro atoms. The maximum Gasteiger partial charge on any atom is 0.276 e. The van der Waals surface area contributed by atoms with E-state index in [0.717, 1.165) is 11.1 Å². The molecule has 0 fully saturated rings. The number of methoxy groups -OCH3 is 1. The van der Waals surface area contributed by atoms with Gasteiger partial charge >= 0.3 is 0 Å². The van der Waals surface area contributed by atoms with Crippen LogP contribution in [0.4, 0.5) is 0 Å². The molecular formula is C24H19ClN4O3. The lowest BCUT2D eigenvalue weighted by molar-refractivity contribution is 0.414. The maximum atomic E-state index is 13.1. The number of hydrogen-bond donors (Lipinski definition) is 0. The van der Waals surface area contributed by atoms with E-state index < -0.39 is 0 Å². The first-order chi connectivity index (χ1) is 15.5. The second kappa shape index (κ2) is 8.01. The highest BCUT2D eigenvalue weighted by atomic mass is 35.5. The van der Waals surface area contributed by atoms with E-state index in [1.165, 1.54) is 0 Å². The number of oxazole rings is 1. The second-order valence-corrected chi connectivity index (χ2v) is 7.76. The Labute approximate surface area is 188 Å². The van der Waals surface area contributed by atoms with Gasteiger partial charge in [-0.25, -0.2) is 9.50 Å². The summed E-state index contributed by atoms with van der Waals surface area (Å²) in [5.41, 5.74) is 3.33. The number of para-hydroxylation sites is 1. The standard InChI is InChI=1S/C24H19ClN4O3/c1-15-20(26-23(32-15)18-5-3-4-6-22(18)31-2)14-28-11-12-29-21(24(28)30)13-19(27-29)16-7-9-17(25)10-8-16/h3-13H,14H2,1-2H3. The van der Waals surface area contributed by atoms with Crippen LogP contribution in [-0.2, 0) is 6.54 Å². The van der Waals surface area contributed by atoms with Crippen molar-refractivity contribution in [2.24, 2.45) is 0 Å². The summed E-state index contributed by atoms with van der Waals surface area (Å²) in [4.78, 5) is 17.7. The number of rotatable bonds is 5. The van der Waals surface area contributed by atoms with Crippen LogP contribution < -0.4 is 10.3 Å². The largest absolute Gasteiger partial charge is 0.496 e. The molecule has 160 valence electrons. The molecule has 0 saturated carbocycles. The molecule has 0 saturated heterocycles. The lowest BCUT2D eigenvalue weighted by atomic mass is 10.1. The van der Waals surface area contributed by atoms with Crippen LogP contribution in [0.3, 0.4) is 0 Å². The zero-order chi connectivity index (χ0) is 22.2. The summed E-state index contributed by atoms with van der Waals surface area (Å²) in [7, 11) is 1.61. The number of ether oxygens (including phenoxy) is 1. The van der Waals surface area contributed by atoms with Crippen molar-refractivity contribution >= 4 is 17.1 Å². The van der Waals surface area contributed by atoms with E-state index in [-0.39, 0.29) is 12.1 Å². The minimum atomic E-state index is -0.165. The molecular weight excluding hydrogens is 428 g/mol. The van der Waals surface area contributed by atoms with Gasteiger partial charge in [0.25, 0.3) is 5.56 Å². The third kappa shape index (κ3) is 3.56. The number of aromatic nitrogens is 4. The Morgan fingerprint density at radius 3 is 2.66 bits per heavy atom. The van der Waals surface area contributed by atoms with Crippen LogP contribution in [0.5, 0.6) is 5.75 Å². The fraction of sp³-hybridized carbons (Fsp3) is 0.125. The summed E-state index contributed by atoms with van der Waals surface area (Å²) in [5.74, 6) is 1.78. The summed E-state index contributed by atoms with van der Waals surface area (Å²) in [6.45, 7) is 2.11. The Bertz CT molecular complexity index is 1480. The molecule has 32 heavy (non-hydrogen) atoms. The van der Waals surface area contributed by atoms with Gasteiger partial charge in [-0.15, -0.1) is 0 Å². The van der Waals surface area contributed by atoms with Crippen molar-refractivity contribution in [3.63, 3.8) is 0 Å². The number of fused-ring (bicyclic) bond motifs is 1. The first kappa shape index (κ1) is 20.1. The monoisotopic (exact) mass is 446 g/mol. The highest BCUT2D eigenvalue weighted by Gasteiger charge is 2.16. The van der Waals surface area contributed by atoms with Gasteiger partial charge < -0.3 is 13.7 Å². The van der Waals surface area contributed by atoms with Crippen molar-refractivity contribution in [2.75, 3.05) is 7.11 Å². The van der Waals surface area contributed by atoms with Crippen LogP contribution in [0.25, 0.3) is 28.2 Å². The Morgan fingerprint density at radius 1 is 1.09 bits per heavy atom. The minimum Gasteiger partial charge on any atom is -0.496 e. The van der Waals surface area contributed by atoms with Crippen LogP contribution in [-0.4, -0.2) is 26.3 Å². The normalized spacial score (nSPS) is 11.2. The van der Waals surface area contributed by atoms with Crippen LogP contribution in [0.15, 0.2) is 76.2 Å². The molecule has 8 heteroatoms. The predicted octanol–water partition coefficient (Wildman–Crippen LogP) is 4.84. The Kier molecular flexibility index (Phi) is 5.03. The van der Waals surface area contributed by atoms with Crippen molar-refractivity contribution in [3.8, 4) is 28.5 Å². The molecule has 0 aliphatic rings. The van der Waals surface area contributed by atoms with E-state index in [0.29, 0.717) is 39.3 Å². The summed E-state index contributed by atoms with van der Waals surface area (Å²) in [6, 6.07) is 16.6. The number of nitrogens with zero attached hydrogens (tertiary/aromatic N) is 4. The van der Waals surface area contributed by atoms with Crippen LogP contribution in [0, 0.1) is 6.92 Å². The van der Waals surface area contributed by atoms with Gasteiger partial charge in [-0.2, -0.15) is 5.10 Å². The van der Waals surface area contributed by atoms with Crippen molar-refractivity contribution in [1.82, 2.24) is 19.2 Å². The lowest BCUT2D eigenvalue weighted by Crippen LogP contribution is -2.22. The quantitative estimate of drug-likeness (QED) is 0.386. The molecule has 5 aromatic rings. The number of halogens is 1. The molecule has 3 heterocycles. The van der Waals surface area contributed by atoms with Gasteiger partial charge in [-0.05, 0) is 37.3 Å². The summed E-state index contributed by atoms with van der Waals surface area (Å²) in [5, 5.41) is 5.16. The third-order valence-corrected chi connectivity index (χ3v) is 5.55. The van der Waals surface area contributed by atoms with Crippen molar-refractivity contribution in [1.29, 1.82) is 0 Å². The van der Waals surface area contributed by atoms with E-state index in [2.05, 4.69) is 10.1 Å². The molecule has 0 aliphatic carbocycles. The van der Waals surface area contributed by atoms with Crippen molar-refractivity contribution in [2.45, 2.75) is 13.5 Å². The van der Waals surface area contributed by atoms with E-state index in [1.54, 1.807) is 46.8 Å². The Balaban J connectivity index is 1.49. The highest BCUT2D eigenvalue weighted by molar-refractivity contribution is 6.30. The smallest absolute Gasteiger partial charge is 0.276 e. The van der Waals surface area contributed by atoms with Gasteiger partial charge in [0.05, 0.1) is 24.9 Å². The molecule has 3 aromatic heterocycles. The Morgan fingerprint density at radius 2 is 1.88 bits per heavy atom. The molecule has 0 unspecified atom stereocenters. The molecule has 0 bridgehead atoms. The van der Waals surface area contributed by atoms with E-state index in [9.17, 15) is 4.79 Å². The average molecular weight is 447 g/mol. The first-order valence-corrected chi connectivity index (χ1v) is 10.4. The predicted molar refractivity (Wildman–Crippen MR) is 122 cm³/mol. The van der Waals surface area contributed by atoms with Gasteiger partial charge in [-0.3, -0.25) is 4.79 Å². The lowest BCUT2D eigenvalue weighted by Gasteiger charge is -2.04. The topological polar surface area (TPSA) is 74.6 Å². The average Bonchev–Trinajstić information content (AvgIpc) is 3.40. The molecule has 0 N–H and O–H groups in total. The molecule has 0 aliphatic heterocycles. The summed E-state index contributed by atoms with van der Waals surface area (Å²) < 4.78 is 14.5. The molecule has 0 amide bonds.